The number of carbonyl (C=O) groups is 1. The van der Waals surface area contributed by atoms with Crippen molar-refractivity contribution in [2.75, 3.05) is 29.9 Å². The maximum absolute atomic E-state index is 13.4. The zero-order valence-corrected chi connectivity index (χ0v) is 20.4. The van der Waals surface area contributed by atoms with Crippen LogP contribution in [0.3, 0.4) is 0 Å². The SMILES string of the molecule is C[C@H]1CN(c2nnc(-c3ccc(F)cc3)c3ccccc23)CCN1C(=O)Nc1ccc(C#N)cc1.Cl. The molecule has 0 unspecified atom stereocenters. The van der Waals surface area contributed by atoms with Gasteiger partial charge in [-0.15, -0.1) is 22.6 Å². The molecular formula is C27H24ClFN6O. The molecule has 4 aromatic rings. The highest BCUT2D eigenvalue weighted by atomic mass is 35.5. The molecule has 0 radical (unpaired) electrons. The molecule has 7 nitrogen and oxygen atoms in total. The van der Waals surface area contributed by atoms with Crippen LogP contribution in [0, 0.1) is 17.1 Å². The van der Waals surface area contributed by atoms with E-state index in [0.29, 0.717) is 36.6 Å². The molecule has 2 amide bonds. The number of halogens is 2. The number of carbonyl (C=O) groups excluding carboxylic acids is 1. The highest BCUT2D eigenvalue weighted by Gasteiger charge is 2.29. The fourth-order valence-corrected chi connectivity index (χ4v) is 4.42. The van der Waals surface area contributed by atoms with E-state index in [2.05, 4.69) is 26.5 Å². The molecule has 1 aliphatic heterocycles. The molecule has 0 aliphatic carbocycles. The molecule has 5 rings (SSSR count). The first kappa shape index (κ1) is 24.9. The Labute approximate surface area is 214 Å². The van der Waals surface area contributed by atoms with E-state index in [1.165, 1.54) is 12.1 Å². The number of hydrogen-bond donors (Lipinski definition) is 1. The largest absolute Gasteiger partial charge is 0.351 e. The van der Waals surface area contributed by atoms with E-state index < -0.39 is 0 Å². The lowest BCUT2D eigenvalue weighted by Crippen LogP contribution is -2.55. The number of hydrogen-bond acceptors (Lipinski definition) is 5. The van der Waals surface area contributed by atoms with E-state index in [-0.39, 0.29) is 30.3 Å². The van der Waals surface area contributed by atoms with Gasteiger partial charge in [-0.3, -0.25) is 0 Å². The van der Waals surface area contributed by atoms with E-state index in [1.54, 1.807) is 41.3 Å². The molecule has 0 bridgehead atoms. The Kier molecular flexibility index (Phi) is 7.32. The van der Waals surface area contributed by atoms with Crippen molar-refractivity contribution in [2.24, 2.45) is 0 Å². The van der Waals surface area contributed by atoms with Gasteiger partial charge in [0.25, 0.3) is 0 Å². The average Bonchev–Trinajstić information content (AvgIpc) is 2.89. The first-order valence-corrected chi connectivity index (χ1v) is 11.4. The minimum absolute atomic E-state index is 0. The monoisotopic (exact) mass is 502 g/mol. The molecular weight excluding hydrogens is 479 g/mol. The van der Waals surface area contributed by atoms with E-state index in [1.807, 2.05) is 31.2 Å². The van der Waals surface area contributed by atoms with Gasteiger partial charge in [0.2, 0.25) is 0 Å². The van der Waals surface area contributed by atoms with E-state index >= 15 is 0 Å². The van der Waals surface area contributed by atoms with Gasteiger partial charge in [0, 0.05) is 47.7 Å². The fourth-order valence-electron chi connectivity index (χ4n) is 4.42. The molecule has 1 aromatic heterocycles. The molecule has 9 heteroatoms. The van der Waals surface area contributed by atoms with Crippen molar-refractivity contribution in [1.82, 2.24) is 15.1 Å². The van der Waals surface area contributed by atoms with Gasteiger partial charge in [0.1, 0.15) is 11.5 Å². The second-order valence-electron chi connectivity index (χ2n) is 8.53. The summed E-state index contributed by atoms with van der Waals surface area (Å²) in [6.45, 7) is 3.75. The van der Waals surface area contributed by atoms with Crippen LogP contribution in [0.2, 0.25) is 0 Å². The number of nitriles is 1. The number of benzene rings is 3. The number of nitrogens with one attached hydrogen (secondary N) is 1. The molecule has 1 fully saturated rings. The highest BCUT2D eigenvalue weighted by molar-refractivity contribution is 6.00. The number of fused-ring (bicyclic) bond motifs is 1. The summed E-state index contributed by atoms with van der Waals surface area (Å²) < 4.78 is 13.4. The van der Waals surface area contributed by atoms with Crippen molar-refractivity contribution in [3.05, 3.63) is 84.2 Å². The number of piperazine rings is 1. The van der Waals surface area contributed by atoms with Crippen LogP contribution in [0.15, 0.2) is 72.8 Å². The van der Waals surface area contributed by atoms with Gasteiger partial charge in [-0.1, -0.05) is 24.3 Å². The quantitative estimate of drug-likeness (QED) is 0.401. The molecule has 182 valence electrons. The van der Waals surface area contributed by atoms with Crippen molar-refractivity contribution >= 4 is 40.7 Å². The third-order valence-corrected chi connectivity index (χ3v) is 6.24. The van der Waals surface area contributed by atoms with Gasteiger partial charge in [-0.25, -0.2) is 9.18 Å². The number of rotatable bonds is 3. The topological polar surface area (TPSA) is 85.2 Å². The third kappa shape index (κ3) is 4.92. The summed E-state index contributed by atoms with van der Waals surface area (Å²) in [5.74, 6) is 0.475. The Hall–Kier alpha value is -4.22. The lowest BCUT2D eigenvalue weighted by molar-refractivity contribution is 0.184. The Balaban J connectivity index is 0.00000304. The van der Waals surface area contributed by atoms with Gasteiger partial charge >= 0.3 is 6.03 Å². The van der Waals surface area contributed by atoms with Crippen molar-refractivity contribution < 1.29 is 9.18 Å². The summed E-state index contributed by atoms with van der Waals surface area (Å²) in [7, 11) is 0. The zero-order chi connectivity index (χ0) is 24.4. The molecule has 3 aromatic carbocycles. The number of amides is 2. The number of anilines is 2. The minimum atomic E-state index is -0.294. The normalized spacial score (nSPS) is 15.2. The Morgan fingerprint density at radius 1 is 1.00 bits per heavy atom. The summed E-state index contributed by atoms with van der Waals surface area (Å²) in [5.41, 5.74) is 2.71. The number of aromatic nitrogens is 2. The third-order valence-electron chi connectivity index (χ3n) is 6.24. The minimum Gasteiger partial charge on any atom is -0.351 e. The first-order chi connectivity index (χ1) is 17.0. The summed E-state index contributed by atoms with van der Waals surface area (Å²) >= 11 is 0. The standard InChI is InChI=1S/C27H23FN6O.ClH/c1-18-17-33(14-15-34(18)27(35)30-22-12-6-19(16-29)7-13-22)26-24-5-3-2-4-23(24)25(31-32-26)20-8-10-21(28)11-9-20;/h2-13,18H,14-15,17H2,1H3,(H,30,35);1H/t18-;/m0./s1. The van der Waals surface area contributed by atoms with Crippen LogP contribution in [0.4, 0.5) is 20.7 Å². The molecule has 1 saturated heterocycles. The molecule has 36 heavy (non-hydrogen) atoms. The van der Waals surface area contributed by atoms with Crippen LogP contribution >= 0.6 is 12.4 Å². The lowest BCUT2D eigenvalue weighted by atomic mass is 10.0. The van der Waals surface area contributed by atoms with Crippen LogP contribution in [0.5, 0.6) is 0 Å². The van der Waals surface area contributed by atoms with Gasteiger partial charge in [0.15, 0.2) is 5.82 Å². The second kappa shape index (κ2) is 10.6. The Bertz CT molecular complexity index is 1420. The summed E-state index contributed by atoms with van der Waals surface area (Å²) in [5, 5.41) is 22.8. The predicted molar refractivity (Wildman–Crippen MR) is 141 cm³/mol. The Morgan fingerprint density at radius 2 is 1.69 bits per heavy atom. The van der Waals surface area contributed by atoms with E-state index in [4.69, 9.17) is 5.26 Å². The predicted octanol–water partition coefficient (Wildman–Crippen LogP) is 5.47. The van der Waals surface area contributed by atoms with Crippen molar-refractivity contribution in [3.8, 4) is 17.3 Å². The molecule has 1 atom stereocenters. The summed E-state index contributed by atoms with van der Waals surface area (Å²) in [4.78, 5) is 16.8. The highest BCUT2D eigenvalue weighted by Crippen LogP contribution is 2.32. The lowest BCUT2D eigenvalue weighted by Gasteiger charge is -2.40. The van der Waals surface area contributed by atoms with Gasteiger partial charge < -0.3 is 15.1 Å². The van der Waals surface area contributed by atoms with Crippen LogP contribution in [0.25, 0.3) is 22.0 Å². The van der Waals surface area contributed by atoms with Crippen LogP contribution < -0.4 is 10.2 Å². The summed E-state index contributed by atoms with van der Waals surface area (Å²) in [6.07, 6.45) is 0. The molecule has 0 spiro atoms. The fraction of sp³-hybridized carbons (Fsp3) is 0.185. The van der Waals surface area contributed by atoms with Crippen molar-refractivity contribution in [2.45, 2.75) is 13.0 Å². The van der Waals surface area contributed by atoms with Gasteiger partial charge in [-0.05, 0) is 55.5 Å². The summed E-state index contributed by atoms with van der Waals surface area (Å²) in [6, 6.07) is 22.8. The van der Waals surface area contributed by atoms with Crippen molar-refractivity contribution in [3.63, 3.8) is 0 Å². The van der Waals surface area contributed by atoms with Crippen LogP contribution in [-0.4, -0.2) is 46.8 Å². The number of urea groups is 1. The number of nitrogens with zero attached hydrogens (tertiary/aromatic N) is 5. The second-order valence-corrected chi connectivity index (χ2v) is 8.53. The van der Waals surface area contributed by atoms with Gasteiger partial charge in [-0.2, -0.15) is 5.26 Å². The Morgan fingerprint density at radius 3 is 2.36 bits per heavy atom. The molecule has 1 aliphatic rings. The zero-order valence-electron chi connectivity index (χ0n) is 19.6. The maximum atomic E-state index is 13.4. The van der Waals surface area contributed by atoms with Crippen molar-refractivity contribution in [1.29, 1.82) is 5.26 Å². The molecule has 2 heterocycles. The maximum Gasteiger partial charge on any atom is 0.322 e. The van der Waals surface area contributed by atoms with Crippen LogP contribution in [-0.2, 0) is 0 Å². The molecule has 1 N–H and O–H groups in total. The van der Waals surface area contributed by atoms with Gasteiger partial charge in [0.05, 0.1) is 11.6 Å². The van der Waals surface area contributed by atoms with E-state index in [0.717, 1.165) is 22.2 Å². The first-order valence-electron chi connectivity index (χ1n) is 11.4. The van der Waals surface area contributed by atoms with E-state index in [9.17, 15) is 9.18 Å². The van der Waals surface area contributed by atoms with Crippen LogP contribution in [0.1, 0.15) is 12.5 Å². The average molecular weight is 503 g/mol. The smallest absolute Gasteiger partial charge is 0.322 e. The molecule has 0 saturated carbocycles.